The van der Waals surface area contributed by atoms with Crippen LogP contribution in [0.4, 0.5) is 4.39 Å². The first-order valence-electron chi connectivity index (χ1n) is 5.47. The minimum Gasteiger partial charge on any atom is -0.313 e. The molecule has 0 atom stereocenters. The van der Waals surface area contributed by atoms with E-state index in [4.69, 9.17) is 11.6 Å². The molecule has 0 saturated heterocycles. The van der Waals surface area contributed by atoms with Gasteiger partial charge >= 0.3 is 0 Å². The van der Waals surface area contributed by atoms with Crippen molar-refractivity contribution < 1.29 is 4.39 Å². The summed E-state index contributed by atoms with van der Waals surface area (Å²) in [6, 6.07) is 5.04. The molecule has 0 aliphatic carbocycles. The van der Waals surface area contributed by atoms with Crippen LogP contribution in [0.1, 0.15) is 25.8 Å². The van der Waals surface area contributed by atoms with Gasteiger partial charge in [-0.25, -0.2) is 4.39 Å². The molecule has 0 fully saturated rings. The van der Waals surface area contributed by atoms with E-state index in [1.54, 1.807) is 18.2 Å². The first-order chi connectivity index (χ1) is 7.65. The standard InChI is InChI=1S/C13H17ClFN/c1-3-7-16-9-10(2)8-11-5-4-6-12(14)13(11)15/h4-6,8,16H,3,7,9H2,1-2H3/b10-8+. The van der Waals surface area contributed by atoms with Crippen LogP contribution in [0.25, 0.3) is 6.08 Å². The fourth-order valence-corrected chi connectivity index (χ4v) is 1.59. The predicted octanol–water partition coefficient (Wildman–Crippen LogP) is 3.88. The van der Waals surface area contributed by atoms with Gasteiger partial charge in [-0.3, -0.25) is 0 Å². The number of hydrogen-bond acceptors (Lipinski definition) is 1. The normalized spacial score (nSPS) is 11.9. The first-order valence-corrected chi connectivity index (χ1v) is 5.85. The van der Waals surface area contributed by atoms with E-state index in [0.717, 1.165) is 25.1 Å². The zero-order chi connectivity index (χ0) is 12.0. The molecule has 1 aromatic carbocycles. The Morgan fingerprint density at radius 1 is 1.50 bits per heavy atom. The molecule has 88 valence electrons. The van der Waals surface area contributed by atoms with E-state index >= 15 is 0 Å². The van der Waals surface area contributed by atoms with Gasteiger partial charge in [-0.1, -0.05) is 42.3 Å². The van der Waals surface area contributed by atoms with Gasteiger partial charge in [0.05, 0.1) is 5.02 Å². The Balaban J connectivity index is 2.70. The van der Waals surface area contributed by atoms with Crippen molar-refractivity contribution in [3.63, 3.8) is 0 Å². The fourth-order valence-electron chi connectivity index (χ4n) is 1.41. The SMILES string of the molecule is CCCNC/C(C)=C/c1cccc(Cl)c1F. The maximum atomic E-state index is 13.6. The van der Waals surface area contributed by atoms with Crippen LogP contribution in [0, 0.1) is 5.82 Å². The minimum absolute atomic E-state index is 0.170. The smallest absolute Gasteiger partial charge is 0.148 e. The molecule has 0 bridgehead atoms. The summed E-state index contributed by atoms with van der Waals surface area (Å²) in [5.74, 6) is -0.348. The molecule has 1 N–H and O–H groups in total. The molecule has 16 heavy (non-hydrogen) atoms. The lowest BCUT2D eigenvalue weighted by molar-refractivity contribution is 0.625. The Morgan fingerprint density at radius 3 is 2.94 bits per heavy atom. The van der Waals surface area contributed by atoms with Crippen LogP contribution in [0.15, 0.2) is 23.8 Å². The van der Waals surface area contributed by atoms with Crippen molar-refractivity contribution in [1.82, 2.24) is 5.32 Å². The van der Waals surface area contributed by atoms with E-state index in [1.807, 2.05) is 13.0 Å². The van der Waals surface area contributed by atoms with E-state index < -0.39 is 0 Å². The van der Waals surface area contributed by atoms with Crippen LogP contribution in [-0.4, -0.2) is 13.1 Å². The molecular weight excluding hydrogens is 225 g/mol. The number of halogens is 2. The quantitative estimate of drug-likeness (QED) is 0.772. The minimum atomic E-state index is -0.348. The number of hydrogen-bond donors (Lipinski definition) is 1. The molecule has 0 spiro atoms. The third-order valence-corrected chi connectivity index (χ3v) is 2.51. The van der Waals surface area contributed by atoms with Gasteiger partial charge in [0, 0.05) is 12.1 Å². The Labute approximate surface area is 101 Å². The Hall–Kier alpha value is -0.860. The summed E-state index contributed by atoms with van der Waals surface area (Å²) in [5, 5.41) is 3.43. The fraction of sp³-hybridized carbons (Fsp3) is 0.385. The molecule has 3 heteroatoms. The van der Waals surface area contributed by atoms with Crippen LogP contribution in [-0.2, 0) is 0 Å². The molecular formula is C13H17ClFN. The maximum Gasteiger partial charge on any atom is 0.148 e. The van der Waals surface area contributed by atoms with E-state index in [-0.39, 0.29) is 10.8 Å². The van der Waals surface area contributed by atoms with Crippen LogP contribution in [0.2, 0.25) is 5.02 Å². The van der Waals surface area contributed by atoms with Gasteiger partial charge in [0.2, 0.25) is 0 Å². The lowest BCUT2D eigenvalue weighted by atomic mass is 10.1. The third-order valence-electron chi connectivity index (χ3n) is 2.21. The highest BCUT2D eigenvalue weighted by molar-refractivity contribution is 6.30. The number of nitrogens with one attached hydrogen (secondary N) is 1. The van der Waals surface area contributed by atoms with Gasteiger partial charge in [-0.05, 0) is 26.0 Å². The lowest BCUT2D eigenvalue weighted by Crippen LogP contribution is -2.16. The van der Waals surface area contributed by atoms with Crippen molar-refractivity contribution in [2.24, 2.45) is 0 Å². The summed E-state index contributed by atoms with van der Waals surface area (Å²) in [5.41, 5.74) is 1.64. The van der Waals surface area contributed by atoms with E-state index in [2.05, 4.69) is 12.2 Å². The van der Waals surface area contributed by atoms with Crippen LogP contribution < -0.4 is 5.32 Å². The van der Waals surface area contributed by atoms with Crippen molar-refractivity contribution in [3.8, 4) is 0 Å². The second-order valence-electron chi connectivity index (χ2n) is 3.81. The van der Waals surface area contributed by atoms with Crippen LogP contribution >= 0.6 is 11.6 Å². The number of rotatable bonds is 5. The zero-order valence-electron chi connectivity index (χ0n) is 9.69. The van der Waals surface area contributed by atoms with Crippen molar-refractivity contribution in [2.45, 2.75) is 20.3 Å². The monoisotopic (exact) mass is 241 g/mol. The topological polar surface area (TPSA) is 12.0 Å². The molecule has 0 heterocycles. The summed E-state index contributed by atoms with van der Waals surface area (Å²) in [6.07, 6.45) is 2.92. The Kier molecular flexibility index (Phi) is 5.50. The molecule has 0 unspecified atom stereocenters. The molecule has 0 aliphatic heterocycles. The third kappa shape index (κ3) is 3.95. The van der Waals surface area contributed by atoms with Crippen LogP contribution in [0.3, 0.4) is 0 Å². The largest absolute Gasteiger partial charge is 0.313 e. The van der Waals surface area contributed by atoms with Gasteiger partial charge in [0.25, 0.3) is 0 Å². The summed E-state index contributed by atoms with van der Waals surface area (Å²) in [4.78, 5) is 0. The second-order valence-corrected chi connectivity index (χ2v) is 4.22. The molecule has 0 aromatic heterocycles. The van der Waals surface area contributed by atoms with Gasteiger partial charge < -0.3 is 5.32 Å². The first kappa shape index (κ1) is 13.2. The Bertz CT molecular complexity index is 374. The van der Waals surface area contributed by atoms with Gasteiger partial charge in [-0.2, -0.15) is 0 Å². The van der Waals surface area contributed by atoms with Gasteiger partial charge in [0.1, 0.15) is 5.82 Å². The van der Waals surface area contributed by atoms with Crippen molar-refractivity contribution in [3.05, 3.63) is 40.2 Å². The highest BCUT2D eigenvalue weighted by atomic mass is 35.5. The van der Waals surface area contributed by atoms with E-state index in [0.29, 0.717) is 5.56 Å². The van der Waals surface area contributed by atoms with Gasteiger partial charge in [-0.15, -0.1) is 0 Å². The predicted molar refractivity (Wildman–Crippen MR) is 68.2 cm³/mol. The average Bonchev–Trinajstić information content (AvgIpc) is 2.25. The lowest BCUT2D eigenvalue weighted by Gasteiger charge is -2.04. The van der Waals surface area contributed by atoms with Crippen molar-refractivity contribution in [2.75, 3.05) is 13.1 Å². The summed E-state index contributed by atoms with van der Waals surface area (Å²) >= 11 is 5.70. The average molecular weight is 242 g/mol. The summed E-state index contributed by atoms with van der Waals surface area (Å²) < 4.78 is 13.6. The number of benzene rings is 1. The molecule has 0 aliphatic rings. The van der Waals surface area contributed by atoms with Crippen molar-refractivity contribution >= 4 is 17.7 Å². The molecule has 1 aromatic rings. The maximum absolute atomic E-state index is 13.6. The highest BCUT2D eigenvalue weighted by Gasteiger charge is 2.03. The molecule has 0 radical (unpaired) electrons. The Morgan fingerprint density at radius 2 is 2.25 bits per heavy atom. The van der Waals surface area contributed by atoms with Crippen molar-refractivity contribution in [1.29, 1.82) is 0 Å². The molecule has 0 saturated carbocycles. The van der Waals surface area contributed by atoms with E-state index in [1.165, 1.54) is 0 Å². The highest BCUT2D eigenvalue weighted by Crippen LogP contribution is 2.19. The van der Waals surface area contributed by atoms with Gasteiger partial charge in [0.15, 0.2) is 0 Å². The van der Waals surface area contributed by atoms with Crippen LogP contribution in [0.5, 0.6) is 0 Å². The molecule has 1 rings (SSSR count). The zero-order valence-corrected chi connectivity index (χ0v) is 10.4. The molecule has 1 nitrogen and oxygen atoms in total. The van der Waals surface area contributed by atoms with E-state index in [9.17, 15) is 4.39 Å². The molecule has 0 amide bonds. The second kappa shape index (κ2) is 6.66. The summed E-state index contributed by atoms with van der Waals surface area (Å²) in [7, 11) is 0. The summed E-state index contributed by atoms with van der Waals surface area (Å²) in [6.45, 7) is 5.84.